The summed E-state index contributed by atoms with van der Waals surface area (Å²) in [5.41, 5.74) is 0. The van der Waals surface area contributed by atoms with Gasteiger partial charge in [0.1, 0.15) is 19.3 Å². The molecule has 0 heterocycles. The minimum absolute atomic E-state index is 0.108. The second-order valence-corrected chi connectivity index (χ2v) is 35.7. The van der Waals surface area contributed by atoms with Gasteiger partial charge in [-0.25, -0.2) is 9.13 Å². The fourth-order valence-corrected chi connectivity index (χ4v) is 15.8. The first-order chi connectivity index (χ1) is 53.0. The summed E-state index contributed by atoms with van der Waals surface area (Å²) < 4.78 is 69.0. The van der Waals surface area contributed by atoms with Crippen LogP contribution in [0, 0.1) is 5.92 Å². The summed E-state index contributed by atoms with van der Waals surface area (Å²) in [6.45, 7) is 7.39. The average Bonchev–Trinajstić information content (AvgIpc) is 0.900. The molecule has 5 atom stereocenters. The van der Waals surface area contributed by atoms with Crippen molar-refractivity contribution in [3.63, 3.8) is 0 Å². The zero-order valence-corrected chi connectivity index (χ0v) is 73.5. The SMILES string of the molecule is CCCCCCCCCCCCCCCCCCCCCCCCC(=O)O[C@H](COC(=O)CCCCCCCCCCCCCCCCCCCCCC)COP(=O)(O)OC[C@@H](O)COP(=O)(O)OC[C@@H](COC(=O)CCCCCCCCCCC)OC(=O)CCCCCCCCCCCCCCCCCC(C)C. The second kappa shape index (κ2) is 82.6. The molecule has 19 heteroatoms. The van der Waals surface area contributed by atoms with Crippen LogP contribution in [-0.2, 0) is 65.4 Å². The average molecular weight is 1590 g/mol. The highest BCUT2D eigenvalue weighted by molar-refractivity contribution is 7.47. The molecule has 0 aliphatic rings. The molecule has 648 valence electrons. The van der Waals surface area contributed by atoms with Gasteiger partial charge in [0.15, 0.2) is 12.2 Å². The van der Waals surface area contributed by atoms with Crippen LogP contribution < -0.4 is 0 Å². The normalized spacial score (nSPS) is 13.7. The quantitative estimate of drug-likeness (QED) is 0.0222. The van der Waals surface area contributed by atoms with Gasteiger partial charge in [-0.2, -0.15) is 0 Å². The zero-order chi connectivity index (χ0) is 79.7. The first-order valence-electron chi connectivity index (χ1n) is 46.6. The largest absolute Gasteiger partial charge is 0.472 e. The number of carbonyl (C=O) groups is 4. The third-order valence-electron chi connectivity index (χ3n) is 21.3. The molecule has 0 aliphatic heterocycles. The number of unbranched alkanes of at least 4 members (excludes halogenated alkanes) is 62. The smallest absolute Gasteiger partial charge is 0.462 e. The Morgan fingerprint density at radius 2 is 0.422 bits per heavy atom. The van der Waals surface area contributed by atoms with E-state index in [4.69, 9.17) is 37.0 Å². The van der Waals surface area contributed by atoms with E-state index in [-0.39, 0.29) is 25.7 Å². The van der Waals surface area contributed by atoms with Crippen LogP contribution in [0.25, 0.3) is 0 Å². The van der Waals surface area contributed by atoms with Crippen LogP contribution in [0.5, 0.6) is 0 Å². The lowest BCUT2D eigenvalue weighted by atomic mass is 10.0. The molecule has 0 bridgehead atoms. The first-order valence-corrected chi connectivity index (χ1v) is 49.6. The third kappa shape index (κ3) is 83.8. The van der Waals surface area contributed by atoms with Crippen LogP contribution in [0.1, 0.15) is 490 Å². The molecule has 0 aromatic heterocycles. The Balaban J connectivity index is 5.19. The van der Waals surface area contributed by atoms with Gasteiger partial charge in [0, 0.05) is 25.7 Å². The van der Waals surface area contributed by atoms with Crippen LogP contribution in [0.15, 0.2) is 0 Å². The molecule has 3 N–H and O–H groups in total. The van der Waals surface area contributed by atoms with Gasteiger partial charge in [-0.15, -0.1) is 0 Å². The standard InChI is InChI=1S/C90H176O17P2/c1-6-9-12-15-18-21-23-25-27-29-31-33-34-36-38-42-46-50-55-60-65-70-75-90(95)107-86(80-101-88(93)74-69-64-59-54-49-45-41-37-35-32-30-28-26-24-22-19-16-13-10-7-2)82-105-109(98,99)103-78-84(91)77-102-108(96,97)104-81-85(79-100-87(92)73-68-63-58-52-20-17-14-11-8-3)106-89(94)76-71-66-61-56-51-47-43-39-40-44-48-53-57-62-67-72-83(4)5/h83-86,91H,6-82H2,1-5H3,(H,96,97)(H,98,99)/t84-,85+,86+/m0/s1. The molecule has 0 spiro atoms. The lowest BCUT2D eigenvalue weighted by Gasteiger charge is -2.21. The van der Waals surface area contributed by atoms with Crippen molar-refractivity contribution in [2.24, 2.45) is 5.92 Å². The number of ether oxygens (including phenoxy) is 4. The molecule has 2 unspecified atom stereocenters. The van der Waals surface area contributed by atoms with Crippen molar-refractivity contribution in [1.29, 1.82) is 0 Å². The highest BCUT2D eigenvalue weighted by Gasteiger charge is 2.31. The maximum atomic E-state index is 13.2. The summed E-state index contributed by atoms with van der Waals surface area (Å²) >= 11 is 0. The number of esters is 4. The summed E-state index contributed by atoms with van der Waals surface area (Å²) in [4.78, 5) is 73.3. The van der Waals surface area contributed by atoms with E-state index in [1.165, 1.54) is 315 Å². The highest BCUT2D eigenvalue weighted by Crippen LogP contribution is 2.45. The molecule has 0 aromatic rings. The van der Waals surface area contributed by atoms with E-state index in [2.05, 4.69) is 34.6 Å². The molecular formula is C90H176O17P2. The van der Waals surface area contributed by atoms with E-state index in [0.29, 0.717) is 25.7 Å². The van der Waals surface area contributed by atoms with Crippen molar-refractivity contribution < 1.29 is 80.2 Å². The Morgan fingerprint density at radius 1 is 0.248 bits per heavy atom. The van der Waals surface area contributed by atoms with E-state index in [0.717, 1.165) is 95.8 Å². The molecule has 0 saturated carbocycles. The van der Waals surface area contributed by atoms with Crippen LogP contribution in [0.3, 0.4) is 0 Å². The van der Waals surface area contributed by atoms with Crippen molar-refractivity contribution in [2.45, 2.75) is 509 Å². The number of rotatable bonds is 90. The molecule has 0 rings (SSSR count). The van der Waals surface area contributed by atoms with E-state index in [1.54, 1.807) is 0 Å². The van der Waals surface area contributed by atoms with Crippen LogP contribution in [-0.4, -0.2) is 96.7 Å². The molecule has 0 fully saturated rings. The fraction of sp³-hybridized carbons (Fsp3) is 0.956. The second-order valence-electron chi connectivity index (χ2n) is 32.8. The van der Waals surface area contributed by atoms with Gasteiger partial charge < -0.3 is 33.8 Å². The minimum Gasteiger partial charge on any atom is -0.462 e. The van der Waals surface area contributed by atoms with Crippen LogP contribution in [0.2, 0.25) is 0 Å². The number of carbonyl (C=O) groups excluding carboxylic acids is 4. The summed E-state index contributed by atoms with van der Waals surface area (Å²) in [5.74, 6) is -1.29. The lowest BCUT2D eigenvalue weighted by Crippen LogP contribution is -2.30. The van der Waals surface area contributed by atoms with E-state index in [1.807, 2.05) is 0 Å². The van der Waals surface area contributed by atoms with E-state index < -0.39 is 97.5 Å². The summed E-state index contributed by atoms with van der Waals surface area (Å²) in [7, 11) is -9.93. The Kier molecular flexibility index (Phi) is 81.1. The maximum Gasteiger partial charge on any atom is 0.472 e. The third-order valence-corrected chi connectivity index (χ3v) is 23.2. The van der Waals surface area contributed by atoms with Crippen molar-refractivity contribution >= 4 is 39.5 Å². The Hall–Kier alpha value is -1.94. The van der Waals surface area contributed by atoms with Crippen molar-refractivity contribution in [2.75, 3.05) is 39.6 Å². The van der Waals surface area contributed by atoms with Crippen LogP contribution in [0.4, 0.5) is 0 Å². The van der Waals surface area contributed by atoms with Gasteiger partial charge >= 0.3 is 39.5 Å². The maximum absolute atomic E-state index is 13.2. The monoisotopic (exact) mass is 1590 g/mol. The molecule has 109 heavy (non-hydrogen) atoms. The summed E-state index contributed by atoms with van der Waals surface area (Å²) in [6, 6.07) is 0. The number of aliphatic hydroxyl groups excluding tert-OH is 1. The molecule has 0 aliphatic carbocycles. The zero-order valence-electron chi connectivity index (χ0n) is 71.7. The topological polar surface area (TPSA) is 237 Å². The predicted octanol–water partition coefficient (Wildman–Crippen LogP) is 27.9. The summed E-state index contributed by atoms with van der Waals surface area (Å²) in [5, 5.41) is 10.7. The molecule has 0 amide bonds. The number of hydrogen-bond donors (Lipinski definition) is 3. The number of hydrogen-bond acceptors (Lipinski definition) is 15. The summed E-state index contributed by atoms with van der Waals surface area (Å²) in [6.07, 6.45) is 78.0. The lowest BCUT2D eigenvalue weighted by molar-refractivity contribution is -0.161. The van der Waals surface area contributed by atoms with Gasteiger partial charge in [0.25, 0.3) is 0 Å². The molecular weight excluding hydrogens is 1410 g/mol. The molecule has 0 radical (unpaired) electrons. The van der Waals surface area contributed by atoms with Crippen LogP contribution >= 0.6 is 15.6 Å². The number of phosphoric acid groups is 2. The first kappa shape index (κ1) is 107. The number of aliphatic hydroxyl groups is 1. The highest BCUT2D eigenvalue weighted by atomic mass is 31.2. The van der Waals surface area contributed by atoms with Crippen molar-refractivity contribution in [3.8, 4) is 0 Å². The van der Waals surface area contributed by atoms with E-state index >= 15 is 0 Å². The Morgan fingerprint density at radius 3 is 0.624 bits per heavy atom. The van der Waals surface area contributed by atoms with Gasteiger partial charge in [-0.3, -0.25) is 37.3 Å². The van der Waals surface area contributed by atoms with Gasteiger partial charge in [0.2, 0.25) is 0 Å². The minimum atomic E-state index is -4.97. The Bertz CT molecular complexity index is 2070. The van der Waals surface area contributed by atoms with E-state index in [9.17, 15) is 43.2 Å². The van der Waals surface area contributed by atoms with Gasteiger partial charge in [-0.05, 0) is 31.6 Å². The Labute approximate surface area is 670 Å². The fourth-order valence-electron chi connectivity index (χ4n) is 14.2. The van der Waals surface area contributed by atoms with Crippen molar-refractivity contribution in [3.05, 3.63) is 0 Å². The van der Waals surface area contributed by atoms with Gasteiger partial charge in [0.05, 0.1) is 26.4 Å². The molecule has 0 aromatic carbocycles. The van der Waals surface area contributed by atoms with Gasteiger partial charge in [-0.1, -0.05) is 439 Å². The predicted molar refractivity (Wildman–Crippen MR) is 451 cm³/mol. The number of phosphoric ester groups is 2. The van der Waals surface area contributed by atoms with Crippen molar-refractivity contribution in [1.82, 2.24) is 0 Å². The molecule has 17 nitrogen and oxygen atoms in total. The molecule has 0 saturated heterocycles.